The van der Waals surface area contributed by atoms with Crippen molar-refractivity contribution in [3.63, 3.8) is 0 Å². The Balaban J connectivity index is 4.31. The Bertz CT molecular complexity index is 209. The maximum absolute atomic E-state index is 12.9. The minimum absolute atomic E-state index is 0.377. The smallest absolute Gasteiger partial charge is 0.207 e. The third kappa shape index (κ3) is 5.12. The lowest BCUT2D eigenvalue weighted by Gasteiger charge is -2.13. The van der Waals surface area contributed by atoms with Gasteiger partial charge in [-0.25, -0.2) is 0 Å². The van der Waals surface area contributed by atoms with Crippen LogP contribution in [-0.4, -0.2) is 26.6 Å². The molecule has 0 heterocycles. The van der Waals surface area contributed by atoms with Crippen LogP contribution in [0, 0.1) is 5.92 Å². The monoisotopic (exact) mass is 200 g/mol. The van der Waals surface area contributed by atoms with Crippen molar-refractivity contribution in [1.82, 2.24) is 5.32 Å². The molecule has 0 saturated heterocycles. The minimum Gasteiger partial charge on any atom is -0.320 e. The fraction of sp³-hybridized carbons (Fsp3) is 0.727. The van der Waals surface area contributed by atoms with Gasteiger partial charge in [0.1, 0.15) is 0 Å². The van der Waals surface area contributed by atoms with Crippen molar-refractivity contribution >= 4 is 5.97 Å². The summed E-state index contributed by atoms with van der Waals surface area (Å²) in [5.74, 6) is 0.0399. The molecule has 0 aromatic heterocycles. The van der Waals surface area contributed by atoms with Crippen LogP contribution in [0.1, 0.15) is 26.7 Å². The lowest BCUT2D eigenvalue weighted by atomic mass is 9.95. The molecule has 0 saturated carbocycles. The fourth-order valence-corrected chi connectivity index (χ4v) is 1.36. The highest BCUT2D eigenvalue weighted by atomic mass is 19.1. The summed E-state index contributed by atoms with van der Waals surface area (Å²) in [6, 6.07) is 0. The van der Waals surface area contributed by atoms with Crippen LogP contribution in [-0.2, 0) is 0 Å². The average Bonchev–Trinajstić information content (AvgIpc) is 2.21. The lowest BCUT2D eigenvalue weighted by Crippen LogP contribution is -2.13. The van der Waals surface area contributed by atoms with E-state index in [2.05, 4.69) is 17.2 Å². The molecule has 1 atom stereocenters. The van der Waals surface area contributed by atoms with E-state index in [-0.39, 0.29) is 5.97 Å². The first-order valence-electron chi connectivity index (χ1n) is 5.13. The lowest BCUT2D eigenvalue weighted by molar-refractivity contribution is 0.571. The SMILES string of the molecule is CC/C(=C\C(F)=NC)C(C)CCNC. The van der Waals surface area contributed by atoms with E-state index in [4.69, 9.17) is 0 Å². The summed E-state index contributed by atoms with van der Waals surface area (Å²) in [7, 11) is 3.40. The molecule has 82 valence electrons. The molecule has 0 fully saturated rings. The van der Waals surface area contributed by atoms with Crippen molar-refractivity contribution in [3.8, 4) is 0 Å². The number of hydrogen-bond acceptors (Lipinski definition) is 2. The summed E-state index contributed by atoms with van der Waals surface area (Å²) in [6.07, 6.45) is 3.47. The van der Waals surface area contributed by atoms with Gasteiger partial charge in [0.05, 0.1) is 0 Å². The van der Waals surface area contributed by atoms with Crippen molar-refractivity contribution in [2.45, 2.75) is 26.7 Å². The van der Waals surface area contributed by atoms with Gasteiger partial charge < -0.3 is 5.32 Å². The molecule has 0 amide bonds. The van der Waals surface area contributed by atoms with Crippen LogP contribution in [0.2, 0.25) is 0 Å². The van der Waals surface area contributed by atoms with Gasteiger partial charge in [0.25, 0.3) is 0 Å². The number of hydrogen-bond donors (Lipinski definition) is 1. The Labute approximate surface area is 86.3 Å². The molecule has 1 N–H and O–H groups in total. The molecule has 2 nitrogen and oxygen atoms in total. The van der Waals surface area contributed by atoms with Gasteiger partial charge in [-0.1, -0.05) is 19.4 Å². The van der Waals surface area contributed by atoms with Gasteiger partial charge in [0.15, 0.2) is 0 Å². The van der Waals surface area contributed by atoms with E-state index in [0.717, 1.165) is 25.0 Å². The predicted molar refractivity (Wildman–Crippen MR) is 60.5 cm³/mol. The number of nitrogens with zero attached hydrogens (tertiary/aromatic N) is 1. The van der Waals surface area contributed by atoms with Gasteiger partial charge >= 0.3 is 0 Å². The Morgan fingerprint density at radius 2 is 2.21 bits per heavy atom. The topological polar surface area (TPSA) is 24.4 Å². The Kier molecular flexibility index (Phi) is 7.30. The first-order chi connectivity index (χ1) is 6.65. The number of rotatable bonds is 6. The molecule has 0 aromatic rings. The largest absolute Gasteiger partial charge is 0.320 e. The zero-order valence-corrected chi connectivity index (χ0v) is 9.60. The van der Waals surface area contributed by atoms with Crippen LogP contribution in [0.3, 0.4) is 0 Å². The predicted octanol–water partition coefficient (Wildman–Crippen LogP) is 2.57. The molecule has 0 radical (unpaired) electrons. The third-order valence-electron chi connectivity index (χ3n) is 2.39. The van der Waals surface area contributed by atoms with Gasteiger partial charge in [-0.05, 0) is 38.4 Å². The van der Waals surface area contributed by atoms with Crippen LogP contribution in [0.5, 0.6) is 0 Å². The summed E-state index contributed by atoms with van der Waals surface area (Å²) in [5, 5.41) is 3.09. The molecule has 0 aliphatic heterocycles. The van der Waals surface area contributed by atoms with E-state index in [9.17, 15) is 4.39 Å². The summed E-state index contributed by atoms with van der Waals surface area (Å²) >= 11 is 0. The Morgan fingerprint density at radius 3 is 2.64 bits per heavy atom. The highest BCUT2D eigenvalue weighted by molar-refractivity contribution is 5.87. The van der Waals surface area contributed by atoms with E-state index >= 15 is 0 Å². The molecule has 3 heteroatoms. The van der Waals surface area contributed by atoms with Crippen LogP contribution < -0.4 is 5.32 Å². The molecule has 0 aliphatic rings. The molecular weight excluding hydrogens is 179 g/mol. The van der Waals surface area contributed by atoms with Gasteiger partial charge in [0.2, 0.25) is 5.97 Å². The van der Waals surface area contributed by atoms with E-state index in [0.29, 0.717) is 5.92 Å². The van der Waals surface area contributed by atoms with Gasteiger partial charge in [-0.15, -0.1) is 0 Å². The first-order valence-corrected chi connectivity index (χ1v) is 5.13. The molecule has 14 heavy (non-hydrogen) atoms. The number of nitrogens with one attached hydrogen (secondary N) is 1. The molecule has 0 aromatic carbocycles. The fourth-order valence-electron chi connectivity index (χ4n) is 1.36. The van der Waals surface area contributed by atoms with Crippen molar-refractivity contribution in [3.05, 3.63) is 11.6 Å². The summed E-state index contributed by atoms with van der Waals surface area (Å²) in [5.41, 5.74) is 1.13. The maximum Gasteiger partial charge on any atom is 0.207 e. The molecule has 0 rings (SSSR count). The molecule has 0 spiro atoms. The van der Waals surface area contributed by atoms with Crippen LogP contribution >= 0.6 is 0 Å². The number of aliphatic imine (C=N–C) groups is 1. The second-order valence-corrected chi connectivity index (χ2v) is 3.41. The quantitative estimate of drug-likeness (QED) is 0.655. The van der Waals surface area contributed by atoms with Crippen molar-refractivity contribution in [2.24, 2.45) is 10.9 Å². The Morgan fingerprint density at radius 1 is 1.57 bits per heavy atom. The molecule has 0 bridgehead atoms. The van der Waals surface area contributed by atoms with Gasteiger partial charge in [-0.2, -0.15) is 4.39 Å². The summed E-state index contributed by atoms with van der Waals surface area (Å²) in [4.78, 5) is 3.50. The van der Waals surface area contributed by atoms with Crippen LogP contribution in [0.4, 0.5) is 4.39 Å². The first kappa shape index (κ1) is 13.3. The zero-order chi connectivity index (χ0) is 11.0. The average molecular weight is 200 g/mol. The molecular formula is C11H21FN2. The molecule has 0 aliphatic carbocycles. The van der Waals surface area contributed by atoms with E-state index < -0.39 is 0 Å². The van der Waals surface area contributed by atoms with E-state index in [1.165, 1.54) is 7.05 Å². The van der Waals surface area contributed by atoms with Crippen molar-refractivity contribution < 1.29 is 4.39 Å². The van der Waals surface area contributed by atoms with Crippen LogP contribution in [0.15, 0.2) is 16.6 Å². The molecule has 1 unspecified atom stereocenters. The van der Waals surface area contributed by atoms with E-state index in [1.54, 1.807) is 6.08 Å². The summed E-state index contributed by atoms with van der Waals surface area (Å²) < 4.78 is 12.9. The second kappa shape index (κ2) is 7.68. The van der Waals surface area contributed by atoms with Gasteiger partial charge in [-0.3, -0.25) is 4.99 Å². The van der Waals surface area contributed by atoms with Crippen LogP contribution in [0.25, 0.3) is 0 Å². The Hall–Kier alpha value is -0.700. The maximum atomic E-state index is 12.9. The number of allylic oxidation sites excluding steroid dienone is 2. The standard InChI is InChI=1S/C11H21FN2/c1-5-10(8-11(12)14-4)9(2)6-7-13-3/h8-9,13H,5-7H2,1-4H3/b10-8+,14-11?. The third-order valence-corrected chi connectivity index (χ3v) is 2.39. The van der Waals surface area contributed by atoms with Gasteiger partial charge in [0, 0.05) is 7.05 Å². The second-order valence-electron chi connectivity index (χ2n) is 3.41. The minimum atomic E-state index is -0.377. The van der Waals surface area contributed by atoms with Crippen molar-refractivity contribution in [1.29, 1.82) is 0 Å². The summed E-state index contributed by atoms with van der Waals surface area (Å²) in [6.45, 7) is 5.13. The van der Waals surface area contributed by atoms with Crippen molar-refractivity contribution in [2.75, 3.05) is 20.6 Å². The van der Waals surface area contributed by atoms with E-state index in [1.807, 2.05) is 14.0 Å². The zero-order valence-electron chi connectivity index (χ0n) is 9.60. The highest BCUT2D eigenvalue weighted by Gasteiger charge is 2.07. The highest BCUT2D eigenvalue weighted by Crippen LogP contribution is 2.17. The number of halogens is 1. The normalized spacial score (nSPS) is 15.8.